The van der Waals surface area contributed by atoms with Gasteiger partial charge in [-0.05, 0) is 38.3 Å². The topological polar surface area (TPSA) is 72.9 Å². The first kappa shape index (κ1) is 20.2. The molecule has 0 atom stereocenters. The minimum absolute atomic E-state index is 0. The molecule has 2 aromatic rings. The number of hydrogen-bond acceptors (Lipinski definition) is 3. The summed E-state index contributed by atoms with van der Waals surface area (Å²) in [7, 11) is 0. The fourth-order valence-electron chi connectivity index (χ4n) is 2.65. The van der Waals surface area contributed by atoms with Crippen LogP contribution in [0.4, 0.5) is 0 Å². The predicted octanol–water partition coefficient (Wildman–Crippen LogP) is 2.29. The number of rotatable bonds is 7. The summed E-state index contributed by atoms with van der Waals surface area (Å²) in [6.45, 7) is 7.92. The Morgan fingerprint density at radius 1 is 1.21 bits per heavy atom. The summed E-state index contributed by atoms with van der Waals surface area (Å²) >= 11 is 0. The van der Waals surface area contributed by atoms with Crippen LogP contribution in [0.5, 0.6) is 0 Å². The predicted molar refractivity (Wildman–Crippen MR) is 99.6 cm³/mol. The summed E-state index contributed by atoms with van der Waals surface area (Å²) in [5.74, 6) is 0.0422. The van der Waals surface area contributed by atoms with E-state index in [-0.39, 0.29) is 18.3 Å². The van der Waals surface area contributed by atoms with Gasteiger partial charge in [-0.3, -0.25) is 9.48 Å². The Hall–Kier alpha value is -1.85. The third-order valence-corrected chi connectivity index (χ3v) is 4.05. The molecule has 132 valence electrons. The quantitative estimate of drug-likeness (QED) is 0.804. The van der Waals surface area contributed by atoms with E-state index in [1.165, 1.54) is 16.7 Å². The van der Waals surface area contributed by atoms with Crippen molar-refractivity contribution >= 4 is 18.3 Å². The van der Waals surface area contributed by atoms with Crippen molar-refractivity contribution in [1.82, 2.24) is 15.1 Å². The van der Waals surface area contributed by atoms with Gasteiger partial charge in [0.2, 0.25) is 5.91 Å². The Morgan fingerprint density at radius 3 is 2.50 bits per heavy atom. The van der Waals surface area contributed by atoms with Crippen molar-refractivity contribution in [2.75, 3.05) is 13.1 Å². The van der Waals surface area contributed by atoms with Crippen LogP contribution in [-0.2, 0) is 17.8 Å². The van der Waals surface area contributed by atoms with Crippen molar-refractivity contribution in [3.63, 3.8) is 0 Å². The van der Waals surface area contributed by atoms with Crippen LogP contribution < -0.4 is 11.1 Å². The molecule has 0 spiro atoms. The number of amides is 1. The molecule has 0 saturated carbocycles. The Balaban J connectivity index is 0.00000288. The monoisotopic (exact) mass is 350 g/mol. The Labute approximate surface area is 150 Å². The maximum atomic E-state index is 11.7. The minimum Gasteiger partial charge on any atom is -0.355 e. The molecule has 0 bridgehead atoms. The van der Waals surface area contributed by atoms with Crippen LogP contribution in [0.15, 0.2) is 24.3 Å². The highest BCUT2D eigenvalue weighted by Crippen LogP contribution is 2.17. The molecular weight excluding hydrogens is 324 g/mol. The number of carbonyl (C=O) groups is 1. The summed E-state index contributed by atoms with van der Waals surface area (Å²) in [5, 5.41) is 7.44. The van der Waals surface area contributed by atoms with Crippen molar-refractivity contribution in [1.29, 1.82) is 0 Å². The van der Waals surface area contributed by atoms with E-state index in [9.17, 15) is 4.79 Å². The second kappa shape index (κ2) is 9.45. The molecule has 6 heteroatoms. The SMILES string of the molecule is Cc1ccc(Cn2nc(C)c(CCC(=O)NCCN)c2C)cc1.Cl. The number of carbonyl (C=O) groups excluding carboxylic acids is 1. The lowest BCUT2D eigenvalue weighted by Gasteiger charge is -2.07. The van der Waals surface area contributed by atoms with E-state index in [0.717, 1.165) is 17.9 Å². The maximum absolute atomic E-state index is 11.7. The first-order valence-corrected chi connectivity index (χ1v) is 8.06. The molecule has 0 unspecified atom stereocenters. The van der Waals surface area contributed by atoms with Gasteiger partial charge in [0.25, 0.3) is 0 Å². The normalized spacial score (nSPS) is 10.3. The molecule has 0 saturated heterocycles. The summed E-state index contributed by atoms with van der Waals surface area (Å²) in [5.41, 5.74) is 11.2. The van der Waals surface area contributed by atoms with Crippen LogP contribution in [0.25, 0.3) is 0 Å². The zero-order valence-electron chi connectivity index (χ0n) is 14.6. The first-order valence-electron chi connectivity index (χ1n) is 8.06. The zero-order valence-corrected chi connectivity index (χ0v) is 15.4. The standard InChI is InChI=1S/C18H26N4O.ClH/c1-13-4-6-16(7-5-13)12-22-15(3)17(14(2)21-22)8-9-18(23)20-11-10-19;/h4-7H,8-12,19H2,1-3H3,(H,20,23);1H. The molecule has 1 heterocycles. The van der Waals surface area contributed by atoms with Gasteiger partial charge in [0.1, 0.15) is 0 Å². The highest BCUT2D eigenvalue weighted by atomic mass is 35.5. The lowest BCUT2D eigenvalue weighted by molar-refractivity contribution is -0.120. The average Bonchev–Trinajstić information content (AvgIpc) is 2.79. The molecule has 3 N–H and O–H groups in total. The number of benzene rings is 1. The molecule has 1 aromatic heterocycles. The number of nitrogens with two attached hydrogens (primary N) is 1. The second-order valence-corrected chi connectivity index (χ2v) is 5.93. The van der Waals surface area contributed by atoms with Crippen molar-refractivity contribution in [2.24, 2.45) is 5.73 Å². The van der Waals surface area contributed by atoms with Crippen molar-refractivity contribution < 1.29 is 4.79 Å². The Kier molecular flexibility index (Phi) is 7.95. The number of nitrogens with one attached hydrogen (secondary N) is 1. The third-order valence-electron chi connectivity index (χ3n) is 4.05. The smallest absolute Gasteiger partial charge is 0.220 e. The van der Waals surface area contributed by atoms with Crippen LogP contribution in [-0.4, -0.2) is 28.8 Å². The molecule has 1 aromatic carbocycles. The lowest BCUT2D eigenvalue weighted by Crippen LogP contribution is -2.29. The van der Waals surface area contributed by atoms with E-state index in [2.05, 4.69) is 48.5 Å². The van der Waals surface area contributed by atoms with Gasteiger partial charge >= 0.3 is 0 Å². The van der Waals surface area contributed by atoms with Gasteiger partial charge in [-0.15, -0.1) is 12.4 Å². The number of aryl methyl sites for hydroxylation is 2. The minimum atomic E-state index is 0. The molecule has 24 heavy (non-hydrogen) atoms. The van der Waals surface area contributed by atoms with Crippen LogP contribution in [0, 0.1) is 20.8 Å². The fraction of sp³-hybridized carbons (Fsp3) is 0.444. The van der Waals surface area contributed by atoms with E-state index in [0.29, 0.717) is 25.9 Å². The van der Waals surface area contributed by atoms with Gasteiger partial charge in [0.15, 0.2) is 0 Å². The van der Waals surface area contributed by atoms with Crippen LogP contribution in [0.3, 0.4) is 0 Å². The molecule has 5 nitrogen and oxygen atoms in total. The maximum Gasteiger partial charge on any atom is 0.220 e. The van der Waals surface area contributed by atoms with Gasteiger partial charge in [-0.25, -0.2) is 0 Å². The number of hydrogen-bond donors (Lipinski definition) is 2. The van der Waals surface area contributed by atoms with Gasteiger partial charge in [-0.1, -0.05) is 29.8 Å². The van der Waals surface area contributed by atoms with Crippen LogP contribution >= 0.6 is 12.4 Å². The van der Waals surface area contributed by atoms with Gasteiger partial charge < -0.3 is 11.1 Å². The Bertz CT molecular complexity index is 664. The van der Waals surface area contributed by atoms with Gasteiger partial charge in [0, 0.05) is 25.2 Å². The largest absolute Gasteiger partial charge is 0.355 e. The van der Waals surface area contributed by atoms with E-state index in [1.54, 1.807) is 0 Å². The number of nitrogens with zero attached hydrogens (tertiary/aromatic N) is 2. The molecule has 1 amide bonds. The number of aromatic nitrogens is 2. The summed E-state index contributed by atoms with van der Waals surface area (Å²) < 4.78 is 2.02. The first-order chi connectivity index (χ1) is 11.0. The van der Waals surface area contributed by atoms with E-state index in [1.807, 2.05) is 11.6 Å². The zero-order chi connectivity index (χ0) is 16.8. The highest BCUT2D eigenvalue weighted by Gasteiger charge is 2.13. The molecule has 0 aliphatic carbocycles. The summed E-state index contributed by atoms with van der Waals surface area (Å²) in [6.07, 6.45) is 1.18. The van der Waals surface area contributed by atoms with Crippen LogP contribution in [0.2, 0.25) is 0 Å². The molecule has 0 radical (unpaired) electrons. The summed E-state index contributed by atoms with van der Waals surface area (Å²) in [6, 6.07) is 8.49. The molecule has 0 aliphatic rings. The van der Waals surface area contributed by atoms with Crippen LogP contribution in [0.1, 0.15) is 34.5 Å². The van der Waals surface area contributed by atoms with E-state index in [4.69, 9.17) is 5.73 Å². The summed E-state index contributed by atoms with van der Waals surface area (Å²) in [4.78, 5) is 11.7. The third kappa shape index (κ3) is 5.35. The molecule has 0 fully saturated rings. The van der Waals surface area contributed by atoms with Gasteiger partial charge in [0.05, 0.1) is 12.2 Å². The number of halogens is 1. The van der Waals surface area contributed by atoms with Crippen molar-refractivity contribution in [3.8, 4) is 0 Å². The highest BCUT2D eigenvalue weighted by molar-refractivity contribution is 5.85. The molecule has 0 aliphatic heterocycles. The van der Waals surface area contributed by atoms with Crippen molar-refractivity contribution in [2.45, 2.75) is 40.2 Å². The van der Waals surface area contributed by atoms with E-state index >= 15 is 0 Å². The molecular formula is C18H27ClN4O. The average molecular weight is 351 g/mol. The lowest BCUT2D eigenvalue weighted by atomic mass is 10.1. The van der Waals surface area contributed by atoms with Crippen molar-refractivity contribution in [3.05, 3.63) is 52.3 Å². The molecule has 2 rings (SSSR count). The van der Waals surface area contributed by atoms with E-state index < -0.39 is 0 Å². The fourth-order valence-corrected chi connectivity index (χ4v) is 2.65. The second-order valence-electron chi connectivity index (χ2n) is 5.93. The van der Waals surface area contributed by atoms with Gasteiger partial charge in [-0.2, -0.15) is 5.10 Å². The Morgan fingerprint density at radius 2 is 1.88 bits per heavy atom.